The van der Waals surface area contributed by atoms with Gasteiger partial charge in [0.05, 0.1) is 13.2 Å². The molecular weight excluding hydrogens is 290 g/mol. The van der Waals surface area contributed by atoms with Crippen LogP contribution in [0.5, 0.6) is 0 Å². The number of hydrogen-bond donors (Lipinski definition) is 1. The smallest absolute Gasteiger partial charge is 0.407 e. The summed E-state index contributed by atoms with van der Waals surface area (Å²) in [5, 5.41) is 3.24. The van der Waals surface area contributed by atoms with Crippen molar-refractivity contribution in [3.63, 3.8) is 0 Å². The number of halogens is 1. The van der Waals surface area contributed by atoms with Gasteiger partial charge < -0.3 is 14.8 Å². The minimum atomic E-state index is -0.507. The van der Waals surface area contributed by atoms with Crippen molar-refractivity contribution in [1.29, 1.82) is 0 Å². The molecule has 0 saturated heterocycles. The number of nitrogens with one attached hydrogen (secondary N) is 1. The highest BCUT2D eigenvalue weighted by Gasteiger charge is 2.04. The van der Waals surface area contributed by atoms with E-state index in [2.05, 4.69) is 27.8 Å². The zero-order chi connectivity index (χ0) is 12.4. The summed E-state index contributed by atoms with van der Waals surface area (Å²) in [7, 11) is 0. The first-order valence-electron chi connectivity index (χ1n) is 4.87. The van der Waals surface area contributed by atoms with Crippen molar-refractivity contribution in [2.75, 3.05) is 25.1 Å². The Morgan fingerprint density at radius 3 is 2.47 bits per heavy atom. The maximum absolute atomic E-state index is 11.0. The van der Waals surface area contributed by atoms with Gasteiger partial charge in [-0.25, -0.2) is 9.59 Å². The summed E-state index contributed by atoms with van der Waals surface area (Å²) >= 11 is 3.22. The number of hydrogen-bond acceptors (Lipinski definition) is 4. The third kappa shape index (κ3) is 11.2. The van der Waals surface area contributed by atoms with Gasteiger partial charge in [0.25, 0.3) is 0 Å². The Labute approximate surface area is 111 Å². The minimum absolute atomic E-state index is 0. The van der Waals surface area contributed by atoms with Crippen LogP contribution >= 0.6 is 15.9 Å². The van der Waals surface area contributed by atoms with Crippen LogP contribution in [0.15, 0.2) is 12.2 Å². The zero-order valence-electron chi connectivity index (χ0n) is 9.25. The fourth-order valence-electron chi connectivity index (χ4n) is 0.690. The monoisotopic (exact) mass is 309 g/mol. The summed E-state index contributed by atoms with van der Waals surface area (Å²) < 4.78 is 9.56. The molecule has 0 radical (unpaired) electrons. The third-order valence-corrected chi connectivity index (χ3v) is 2.02. The van der Waals surface area contributed by atoms with E-state index in [1.54, 1.807) is 6.92 Å². The van der Waals surface area contributed by atoms with E-state index in [9.17, 15) is 9.59 Å². The van der Waals surface area contributed by atoms with Crippen LogP contribution in [0.2, 0.25) is 0 Å². The molecule has 17 heavy (non-hydrogen) atoms. The predicted octanol–water partition coefficient (Wildman–Crippen LogP) is 2.25. The Morgan fingerprint density at radius 1 is 1.29 bits per heavy atom. The molecule has 0 spiro atoms. The maximum atomic E-state index is 11.0. The van der Waals surface area contributed by atoms with Crippen LogP contribution in [-0.2, 0) is 14.3 Å². The van der Waals surface area contributed by atoms with E-state index in [-0.39, 0.29) is 20.6 Å². The third-order valence-electron chi connectivity index (χ3n) is 1.46. The number of amides is 1. The van der Waals surface area contributed by atoms with Crippen molar-refractivity contribution in [2.45, 2.75) is 20.8 Å². The van der Waals surface area contributed by atoms with E-state index in [0.717, 1.165) is 11.8 Å². The van der Waals surface area contributed by atoms with Crippen LogP contribution in [0, 0.1) is 0 Å². The Kier molecular flexibility index (Phi) is 12.3. The molecule has 1 amide bonds. The molecule has 0 rings (SSSR count). The summed E-state index contributed by atoms with van der Waals surface area (Å²) in [6, 6.07) is 0. The minimum Gasteiger partial charge on any atom is -0.460 e. The number of carbonyl (C=O) groups excluding carboxylic acids is 2. The number of esters is 1. The standard InChI is InChI=1S/C10H16BrNO4.CH4/c1-8(2)9(13)15-7-5-12-10(14)16-6-3-4-11;/h1,3-7H2,2H3,(H,12,14);1H4. The zero-order valence-corrected chi connectivity index (χ0v) is 10.8. The van der Waals surface area contributed by atoms with E-state index in [4.69, 9.17) is 9.47 Å². The van der Waals surface area contributed by atoms with Crippen LogP contribution in [0.4, 0.5) is 4.79 Å². The maximum Gasteiger partial charge on any atom is 0.407 e. The van der Waals surface area contributed by atoms with Crippen LogP contribution in [0.3, 0.4) is 0 Å². The van der Waals surface area contributed by atoms with Gasteiger partial charge in [-0.15, -0.1) is 0 Å². The molecule has 0 aliphatic heterocycles. The highest BCUT2D eigenvalue weighted by Crippen LogP contribution is 1.91. The Morgan fingerprint density at radius 2 is 1.94 bits per heavy atom. The number of ether oxygens (including phenoxy) is 2. The van der Waals surface area contributed by atoms with E-state index >= 15 is 0 Å². The first kappa shape index (κ1) is 18.3. The van der Waals surface area contributed by atoms with Crippen LogP contribution < -0.4 is 5.32 Å². The summed E-state index contributed by atoms with van der Waals surface area (Å²) in [5.41, 5.74) is 0.333. The van der Waals surface area contributed by atoms with Crippen LogP contribution in [0.1, 0.15) is 20.8 Å². The molecular formula is C11H20BrNO4. The SMILES string of the molecule is C.C=C(C)C(=O)OCCNC(=O)OCCCBr. The topological polar surface area (TPSA) is 64.6 Å². The first-order valence-corrected chi connectivity index (χ1v) is 5.99. The van der Waals surface area contributed by atoms with Gasteiger partial charge in [0.2, 0.25) is 0 Å². The van der Waals surface area contributed by atoms with E-state index in [0.29, 0.717) is 12.2 Å². The van der Waals surface area contributed by atoms with Gasteiger partial charge in [-0.3, -0.25) is 0 Å². The largest absolute Gasteiger partial charge is 0.460 e. The predicted molar refractivity (Wildman–Crippen MR) is 70.3 cm³/mol. The second-order valence-corrected chi connectivity index (χ2v) is 3.81. The average molecular weight is 310 g/mol. The van der Waals surface area contributed by atoms with Gasteiger partial charge in [0.1, 0.15) is 6.61 Å². The first-order chi connectivity index (χ1) is 7.57. The molecule has 0 aromatic carbocycles. The second-order valence-electron chi connectivity index (χ2n) is 3.02. The number of alkyl carbamates (subject to hydrolysis) is 1. The van der Waals surface area contributed by atoms with Crippen LogP contribution in [0.25, 0.3) is 0 Å². The molecule has 0 aliphatic rings. The van der Waals surface area contributed by atoms with Crippen molar-refractivity contribution in [1.82, 2.24) is 5.32 Å². The number of alkyl halides is 1. The van der Waals surface area contributed by atoms with Gasteiger partial charge in [-0.05, 0) is 13.3 Å². The molecule has 0 aromatic rings. The van der Waals surface area contributed by atoms with E-state index in [1.165, 1.54) is 0 Å². The molecule has 0 fully saturated rings. The Hall–Kier alpha value is -1.04. The van der Waals surface area contributed by atoms with Crippen LogP contribution in [-0.4, -0.2) is 37.2 Å². The molecule has 5 nitrogen and oxygen atoms in total. The molecule has 100 valence electrons. The lowest BCUT2D eigenvalue weighted by molar-refractivity contribution is -0.138. The van der Waals surface area contributed by atoms with Crippen molar-refractivity contribution >= 4 is 28.0 Å². The summed E-state index contributed by atoms with van der Waals surface area (Å²) in [4.78, 5) is 21.9. The van der Waals surface area contributed by atoms with Crippen molar-refractivity contribution in [3.05, 3.63) is 12.2 Å². The molecule has 0 aromatic heterocycles. The second kappa shape index (κ2) is 11.4. The summed E-state index contributed by atoms with van der Waals surface area (Å²) in [6.07, 6.45) is 0.255. The van der Waals surface area contributed by atoms with Gasteiger partial charge in [0.15, 0.2) is 0 Å². The highest BCUT2D eigenvalue weighted by atomic mass is 79.9. The summed E-state index contributed by atoms with van der Waals surface area (Å²) in [6.45, 7) is 5.69. The quantitative estimate of drug-likeness (QED) is 0.339. The summed E-state index contributed by atoms with van der Waals surface area (Å²) in [5.74, 6) is -0.463. The molecule has 0 saturated carbocycles. The lowest BCUT2D eigenvalue weighted by Crippen LogP contribution is -2.29. The lowest BCUT2D eigenvalue weighted by atomic mass is 10.4. The molecule has 0 heterocycles. The number of carbonyl (C=O) groups is 2. The Balaban J connectivity index is 0. The van der Waals surface area contributed by atoms with Crippen molar-refractivity contribution < 1.29 is 19.1 Å². The molecule has 0 aliphatic carbocycles. The van der Waals surface area contributed by atoms with E-state index < -0.39 is 12.1 Å². The van der Waals surface area contributed by atoms with Gasteiger partial charge in [-0.1, -0.05) is 29.9 Å². The highest BCUT2D eigenvalue weighted by molar-refractivity contribution is 9.09. The molecule has 1 N–H and O–H groups in total. The fourth-order valence-corrected chi connectivity index (χ4v) is 0.919. The molecule has 0 bridgehead atoms. The Bertz CT molecular complexity index is 256. The van der Waals surface area contributed by atoms with Crippen molar-refractivity contribution in [3.8, 4) is 0 Å². The van der Waals surface area contributed by atoms with Crippen molar-refractivity contribution in [2.24, 2.45) is 0 Å². The van der Waals surface area contributed by atoms with Gasteiger partial charge in [-0.2, -0.15) is 0 Å². The van der Waals surface area contributed by atoms with Gasteiger partial charge >= 0.3 is 12.1 Å². The normalized spacial score (nSPS) is 8.82. The lowest BCUT2D eigenvalue weighted by Gasteiger charge is -2.07. The molecule has 0 atom stereocenters. The molecule has 6 heteroatoms. The van der Waals surface area contributed by atoms with Gasteiger partial charge in [0, 0.05) is 10.9 Å². The average Bonchev–Trinajstić information content (AvgIpc) is 2.24. The number of rotatable bonds is 7. The van der Waals surface area contributed by atoms with E-state index in [1.807, 2.05) is 0 Å². The fraction of sp³-hybridized carbons (Fsp3) is 0.636. The molecule has 0 unspecified atom stereocenters.